The molecule has 1 aromatic carbocycles. The number of likely N-dealkylation sites (tertiary alicyclic amines) is 1. The zero-order chi connectivity index (χ0) is 22.9. The van der Waals surface area contributed by atoms with Crippen LogP contribution in [0.15, 0.2) is 35.3 Å². The van der Waals surface area contributed by atoms with Gasteiger partial charge in [0, 0.05) is 32.2 Å². The van der Waals surface area contributed by atoms with Gasteiger partial charge in [-0.2, -0.15) is 0 Å². The smallest absolute Gasteiger partial charge is 0.244 e. The number of halogens is 1. The van der Waals surface area contributed by atoms with Crippen molar-refractivity contribution in [3.8, 4) is 0 Å². The Kier molecular flexibility index (Phi) is 12.0. The number of hydrogen-bond donors (Lipinski definition) is 2. The summed E-state index contributed by atoms with van der Waals surface area (Å²) in [5.74, 6) is 1.16. The maximum Gasteiger partial charge on any atom is 0.244 e. The minimum atomic E-state index is -0.282. The van der Waals surface area contributed by atoms with Gasteiger partial charge >= 0.3 is 0 Å². The molecule has 1 aliphatic heterocycles. The second-order valence-corrected chi connectivity index (χ2v) is 9.34. The van der Waals surface area contributed by atoms with Crippen LogP contribution in [0.1, 0.15) is 46.1 Å². The number of hydrogen-bond acceptors (Lipinski definition) is 3. The minimum absolute atomic E-state index is 0. The van der Waals surface area contributed by atoms with Crippen LogP contribution in [0.3, 0.4) is 0 Å². The summed E-state index contributed by atoms with van der Waals surface area (Å²) >= 11 is 0. The van der Waals surface area contributed by atoms with Crippen LogP contribution in [-0.4, -0.2) is 72.9 Å². The van der Waals surface area contributed by atoms with Crippen molar-refractivity contribution in [2.24, 2.45) is 10.9 Å². The van der Waals surface area contributed by atoms with Crippen LogP contribution < -0.4 is 10.6 Å². The van der Waals surface area contributed by atoms with Gasteiger partial charge in [-0.25, -0.2) is 4.99 Å². The number of nitrogens with one attached hydrogen (secondary N) is 2. The summed E-state index contributed by atoms with van der Waals surface area (Å²) in [6.07, 6.45) is 3.13. The molecule has 0 aliphatic carbocycles. The van der Waals surface area contributed by atoms with E-state index in [-0.39, 0.29) is 54.4 Å². The van der Waals surface area contributed by atoms with Crippen molar-refractivity contribution in [3.63, 3.8) is 0 Å². The number of guanidine groups is 1. The van der Waals surface area contributed by atoms with Crippen molar-refractivity contribution in [1.29, 1.82) is 0 Å². The Labute approximate surface area is 210 Å². The van der Waals surface area contributed by atoms with E-state index in [1.54, 1.807) is 4.90 Å². The van der Waals surface area contributed by atoms with Gasteiger partial charge in [0.1, 0.15) is 6.54 Å². The largest absolute Gasteiger partial charge is 0.356 e. The lowest BCUT2D eigenvalue weighted by atomic mass is 9.90. The molecule has 0 unspecified atom stereocenters. The Bertz CT molecular complexity index is 741. The Morgan fingerprint density at radius 1 is 1.16 bits per heavy atom. The molecule has 0 atom stereocenters. The fourth-order valence-corrected chi connectivity index (χ4v) is 3.79. The molecule has 1 aliphatic rings. The fourth-order valence-electron chi connectivity index (χ4n) is 3.79. The van der Waals surface area contributed by atoms with Gasteiger partial charge in [0.2, 0.25) is 11.8 Å². The van der Waals surface area contributed by atoms with E-state index in [2.05, 4.69) is 39.9 Å². The summed E-state index contributed by atoms with van der Waals surface area (Å²) in [6, 6.07) is 10.6. The number of likely N-dealkylation sites (N-methyl/N-ethyl adjacent to an activating group) is 1. The summed E-state index contributed by atoms with van der Waals surface area (Å²) in [4.78, 5) is 33.1. The number of carbonyl (C=O) groups is 2. The van der Waals surface area contributed by atoms with Crippen molar-refractivity contribution >= 4 is 41.8 Å². The van der Waals surface area contributed by atoms with Crippen LogP contribution in [0.25, 0.3) is 0 Å². The molecule has 1 saturated heterocycles. The number of piperidine rings is 1. The van der Waals surface area contributed by atoms with E-state index in [9.17, 15) is 9.59 Å². The molecule has 7 nitrogen and oxygen atoms in total. The molecule has 0 aromatic heterocycles. The summed E-state index contributed by atoms with van der Waals surface area (Å²) in [7, 11) is 1.81. The fraction of sp³-hybridized carbons (Fsp3) is 0.625. The molecule has 1 heterocycles. The lowest BCUT2D eigenvalue weighted by molar-refractivity contribution is -0.131. The third kappa shape index (κ3) is 10.2. The molecule has 2 N–H and O–H groups in total. The molecule has 0 radical (unpaired) electrons. The molecular formula is C24H40IN5O2. The van der Waals surface area contributed by atoms with Crippen molar-refractivity contribution in [3.05, 3.63) is 35.9 Å². The van der Waals surface area contributed by atoms with Crippen LogP contribution in [0.2, 0.25) is 0 Å². The number of benzene rings is 1. The summed E-state index contributed by atoms with van der Waals surface area (Å²) < 4.78 is 0. The van der Waals surface area contributed by atoms with Gasteiger partial charge in [-0.15, -0.1) is 24.0 Å². The molecular weight excluding hydrogens is 517 g/mol. The maximum absolute atomic E-state index is 12.7. The molecule has 180 valence electrons. The van der Waals surface area contributed by atoms with E-state index in [4.69, 9.17) is 0 Å². The Hall–Kier alpha value is -1.84. The monoisotopic (exact) mass is 557 g/mol. The molecule has 1 aromatic rings. The van der Waals surface area contributed by atoms with Crippen LogP contribution in [0.4, 0.5) is 0 Å². The van der Waals surface area contributed by atoms with Crippen LogP contribution >= 0.6 is 24.0 Å². The first-order valence-corrected chi connectivity index (χ1v) is 11.3. The van der Waals surface area contributed by atoms with E-state index >= 15 is 0 Å². The lowest BCUT2D eigenvalue weighted by Crippen LogP contribution is -2.49. The van der Waals surface area contributed by atoms with Gasteiger partial charge in [-0.05, 0) is 58.4 Å². The van der Waals surface area contributed by atoms with Crippen molar-refractivity contribution in [2.75, 3.05) is 39.8 Å². The lowest BCUT2D eigenvalue weighted by Gasteiger charge is -2.32. The normalized spacial score (nSPS) is 15.0. The second kappa shape index (κ2) is 13.6. The summed E-state index contributed by atoms with van der Waals surface area (Å²) in [6.45, 7) is 10.3. The summed E-state index contributed by atoms with van der Waals surface area (Å²) in [5, 5.41) is 6.11. The van der Waals surface area contributed by atoms with Crippen molar-refractivity contribution in [2.45, 2.75) is 52.5 Å². The molecule has 2 amide bonds. The topological polar surface area (TPSA) is 77.0 Å². The zero-order valence-electron chi connectivity index (χ0n) is 20.2. The van der Waals surface area contributed by atoms with Gasteiger partial charge in [-0.1, -0.05) is 30.3 Å². The van der Waals surface area contributed by atoms with Gasteiger partial charge in [0.05, 0.1) is 6.54 Å². The molecule has 8 heteroatoms. The Morgan fingerprint density at radius 3 is 2.34 bits per heavy atom. The minimum Gasteiger partial charge on any atom is -0.356 e. The van der Waals surface area contributed by atoms with Gasteiger partial charge in [0.25, 0.3) is 0 Å². The highest BCUT2D eigenvalue weighted by Crippen LogP contribution is 2.21. The first-order valence-electron chi connectivity index (χ1n) is 11.3. The Morgan fingerprint density at radius 2 is 1.78 bits per heavy atom. The van der Waals surface area contributed by atoms with E-state index in [0.717, 1.165) is 32.4 Å². The number of aliphatic imine (C=N–C) groups is 1. The maximum atomic E-state index is 12.7. The van der Waals surface area contributed by atoms with Crippen LogP contribution in [-0.2, 0) is 16.0 Å². The van der Waals surface area contributed by atoms with E-state index in [0.29, 0.717) is 18.4 Å². The average molecular weight is 558 g/mol. The third-order valence-corrected chi connectivity index (χ3v) is 5.29. The Balaban J connectivity index is 0.00000512. The molecule has 0 bridgehead atoms. The van der Waals surface area contributed by atoms with E-state index in [1.165, 1.54) is 5.56 Å². The highest BCUT2D eigenvalue weighted by Gasteiger charge is 2.23. The standard InChI is InChI=1S/C24H39N5O2.HI/c1-6-25-23(28(5)18-21(30)27-24(2,3)4)26-17-22(31)29-14-12-20(13-15-29)16-19-10-8-7-9-11-19;/h7-11,20H,6,12-18H2,1-5H3,(H,25,26)(H,27,30);1H. The van der Waals surface area contributed by atoms with Gasteiger partial charge < -0.3 is 20.4 Å². The van der Waals surface area contributed by atoms with Crippen molar-refractivity contribution in [1.82, 2.24) is 20.4 Å². The first-order chi connectivity index (χ1) is 14.7. The molecule has 0 saturated carbocycles. The highest BCUT2D eigenvalue weighted by atomic mass is 127. The molecule has 0 spiro atoms. The van der Waals surface area contributed by atoms with E-state index < -0.39 is 0 Å². The average Bonchev–Trinajstić information content (AvgIpc) is 2.70. The van der Waals surface area contributed by atoms with Crippen LogP contribution in [0.5, 0.6) is 0 Å². The first kappa shape index (κ1) is 28.2. The number of carbonyl (C=O) groups excluding carboxylic acids is 2. The third-order valence-electron chi connectivity index (χ3n) is 5.29. The number of amides is 2. The van der Waals surface area contributed by atoms with Crippen molar-refractivity contribution < 1.29 is 9.59 Å². The quantitative estimate of drug-likeness (QED) is 0.307. The number of rotatable bonds is 7. The second-order valence-electron chi connectivity index (χ2n) is 9.34. The van der Waals surface area contributed by atoms with Crippen LogP contribution in [0, 0.1) is 5.92 Å². The predicted octanol–water partition coefficient (Wildman–Crippen LogP) is 2.90. The zero-order valence-corrected chi connectivity index (χ0v) is 22.5. The molecule has 2 rings (SSSR count). The summed E-state index contributed by atoms with van der Waals surface area (Å²) in [5.41, 5.74) is 1.08. The SMILES string of the molecule is CCNC(=NCC(=O)N1CCC(Cc2ccccc2)CC1)N(C)CC(=O)NC(C)(C)C.I. The number of nitrogens with zero attached hydrogens (tertiary/aromatic N) is 3. The highest BCUT2D eigenvalue weighted by molar-refractivity contribution is 14.0. The molecule has 32 heavy (non-hydrogen) atoms. The van der Waals surface area contributed by atoms with Gasteiger partial charge in [0.15, 0.2) is 5.96 Å². The van der Waals surface area contributed by atoms with Gasteiger partial charge in [-0.3, -0.25) is 9.59 Å². The predicted molar refractivity (Wildman–Crippen MR) is 141 cm³/mol. The molecule has 1 fully saturated rings. The van der Waals surface area contributed by atoms with E-state index in [1.807, 2.05) is 45.7 Å².